The number of hydrogen-bond donors (Lipinski definition) is 2. The molecule has 92 valence electrons. The molecule has 0 saturated carbocycles. The fraction of sp³-hybridized carbons (Fsp3) is 0.417. The van der Waals surface area contributed by atoms with E-state index in [2.05, 4.69) is 10.6 Å². The van der Waals surface area contributed by atoms with E-state index in [4.69, 9.17) is 4.74 Å². The van der Waals surface area contributed by atoms with Crippen LogP contribution in [-0.4, -0.2) is 25.3 Å². The molecule has 0 radical (unpaired) electrons. The molecule has 0 aromatic heterocycles. The van der Waals surface area contributed by atoms with Crippen LogP contribution in [0.4, 0.5) is 14.9 Å². The number of anilines is 1. The molecule has 1 aliphatic rings. The van der Waals surface area contributed by atoms with Gasteiger partial charge in [-0.25, -0.2) is 9.18 Å². The molecule has 1 aliphatic heterocycles. The van der Waals surface area contributed by atoms with Crippen molar-refractivity contribution < 1.29 is 13.9 Å². The lowest BCUT2D eigenvalue weighted by molar-refractivity contribution is 0.0909. The molecule has 4 nitrogen and oxygen atoms in total. The number of ether oxygens (including phenoxy) is 1. The lowest BCUT2D eigenvalue weighted by Crippen LogP contribution is -2.34. The molecule has 0 spiro atoms. The van der Waals surface area contributed by atoms with Crippen LogP contribution in [0.3, 0.4) is 0 Å². The first-order chi connectivity index (χ1) is 8.24. The molecular weight excluding hydrogens is 223 g/mol. The maximum Gasteiger partial charge on any atom is 0.411 e. The van der Waals surface area contributed by atoms with Crippen LogP contribution >= 0.6 is 0 Å². The van der Waals surface area contributed by atoms with Crippen molar-refractivity contribution in [3.63, 3.8) is 0 Å². The van der Waals surface area contributed by atoms with Crippen molar-refractivity contribution in [2.45, 2.75) is 18.9 Å². The maximum atomic E-state index is 12.6. The zero-order chi connectivity index (χ0) is 12.1. The van der Waals surface area contributed by atoms with Gasteiger partial charge in [0.05, 0.1) is 0 Å². The van der Waals surface area contributed by atoms with E-state index in [1.807, 2.05) is 0 Å². The van der Waals surface area contributed by atoms with Crippen LogP contribution < -0.4 is 10.6 Å². The third-order valence-corrected chi connectivity index (χ3v) is 2.65. The molecule has 17 heavy (non-hydrogen) atoms. The molecule has 0 atom stereocenters. The van der Waals surface area contributed by atoms with Gasteiger partial charge in [0.1, 0.15) is 11.9 Å². The first kappa shape index (κ1) is 11.9. The Morgan fingerprint density at radius 3 is 2.59 bits per heavy atom. The molecule has 1 aromatic rings. The highest BCUT2D eigenvalue weighted by Gasteiger charge is 2.17. The van der Waals surface area contributed by atoms with Crippen LogP contribution in [0.25, 0.3) is 0 Å². The van der Waals surface area contributed by atoms with E-state index >= 15 is 0 Å². The van der Waals surface area contributed by atoms with Gasteiger partial charge in [0, 0.05) is 5.69 Å². The second kappa shape index (κ2) is 5.63. The summed E-state index contributed by atoms with van der Waals surface area (Å²) in [7, 11) is 0. The highest BCUT2D eigenvalue weighted by Crippen LogP contribution is 2.11. The Morgan fingerprint density at radius 2 is 1.94 bits per heavy atom. The van der Waals surface area contributed by atoms with Crippen molar-refractivity contribution >= 4 is 11.8 Å². The van der Waals surface area contributed by atoms with Gasteiger partial charge < -0.3 is 10.1 Å². The summed E-state index contributed by atoms with van der Waals surface area (Å²) >= 11 is 0. The summed E-state index contributed by atoms with van der Waals surface area (Å²) in [5.74, 6) is -0.331. The van der Waals surface area contributed by atoms with Crippen LogP contribution in [0.15, 0.2) is 24.3 Å². The summed E-state index contributed by atoms with van der Waals surface area (Å²) in [6, 6.07) is 5.58. The van der Waals surface area contributed by atoms with Crippen molar-refractivity contribution in [3.05, 3.63) is 30.1 Å². The average Bonchev–Trinajstić information content (AvgIpc) is 2.33. The number of piperidine rings is 1. The summed E-state index contributed by atoms with van der Waals surface area (Å²) in [4.78, 5) is 11.5. The Kier molecular flexibility index (Phi) is 3.93. The Balaban J connectivity index is 1.82. The number of carbonyl (C=O) groups is 1. The molecule has 0 aliphatic carbocycles. The normalized spacial score (nSPS) is 16.5. The SMILES string of the molecule is O=C(Nc1ccc(F)cc1)OC1CCNCC1. The monoisotopic (exact) mass is 238 g/mol. The fourth-order valence-electron chi connectivity index (χ4n) is 1.75. The lowest BCUT2D eigenvalue weighted by atomic mass is 10.1. The zero-order valence-corrected chi connectivity index (χ0v) is 9.41. The third kappa shape index (κ3) is 3.71. The van der Waals surface area contributed by atoms with Crippen LogP contribution in [0, 0.1) is 5.82 Å². The average molecular weight is 238 g/mol. The van der Waals surface area contributed by atoms with Crippen molar-refractivity contribution in [2.75, 3.05) is 18.4 Å². The zero-order valence-electron chi connectivity index (χ0n) is 9.41. The van der Waals surface area contributed by atoms with Gasteiger partial charge in [-0.15, -0.1) is 0 Å². The number of benzene rings is 1. The Labute approximate surface area is 99.2 Å². The van der Waals surface area contributed by atoms with E-state index in [0.29, 0.717) is 5.69 Å². The van der Waals surface area contributed by atoms with Crippen LogP contribution in [0.1, 0.15) is 12.8 Å². The summed E-state index contributed by atoms with van der Waals surface area (Å²) in [5.41, 5.74) is 0.533. The van der Waals surface area contributed by atoms with Gasteiger partial charge in [0.15, 0.2) is 0 Å². The van der Waals surface area contributed by atoms with Crippen molar-refractivity contribution in [1.82, 2.24) is 5.32 Å². The molecule has 0 bridgehead atoms. The van der Waals surface area contributed by atoms with E-state index in [-0.39, 0.29) is 11.9 Å². The second-order valence-electron chi connectivity index (χ2n) is 3.99. The first-order valence-electron chi connectivity index (χ1n) is 5.68. The molecule has 1 heterocycles. The topological polar surface area (TPSA) is 50.4 Å². The van der Waals surface area contributed by atoms with Crippen LogP contribution in [0.5, 0.6) is 0 Å². The molecule has 1 aromatic carbocycles. The Bertz CT molecular complexity index is 375. The van der Waals surface area contributed by atoms with Gasteiger partial charge in [0.25, 0.3) is 0 Å². The first-order valence-corrected chi connectivity index (χ1v) is 5.68. The Morgan fingerprint density at radius 1 is 1.29 bits per heavy atom. The van der Waals surface area contributed by atoms with E-state index in [0.717, 1.165) is 25.9 Å². The standard InChI is InChI=1S/C12H15FN2O2/c13-9-1-3-10(4-2-9)15-12(16)17-11-5-7-14-8-6-11/h1-4,11,14H,5-8H2,(H,15,16). The van der Waals surface area contributed by atoms with Gasteiger partial charge >= 0.3 is 6.09 Å². The van der Waals surface area contributed by atoms with E-state index < -0.39 is 6.09 Å². The smallest absolute Gasteiger partial charge is 0.411 e. The molecule has 1 amide bonds. The summed E-state index contributed by atoms with van der Waals surface area (Å²) < 4.78 is 17.9. The molecular formula is C12H15FN2O2. The number of amides is 1. The van der Waals surface area contributed by atoms with Crippen LogP contribution in [-0.2, 0) is 4.74 Å². The number of rotatable bonds is 2. The van der Waals surface area contributed by atoms with Gasteiger partial charge in [-0.05, 0) is 50.2 Å². The quantitative estimate of drug-likeness (QED) is 0.829. The summed E-state index contributed by atoms with van der Waals surface area (Å²) in [6.07, 6.45) is 1.15. The molecule has 5 heteroatoms. The molecule has 2 N–H and O–H groups in total. The van der Waals surface area contributed by atoms with Crippen molar-refractivity contribution in [2.24, 2.45) is 0 Å². The van der Waals surface area contributed by atoms with Gasteiger partial charge in [-0.1, -0.05) is 0 Å². The predicted octanol–water partition coefficient (Wildman–Crippen LogP) is 2.13. The minimum Gasteiger partial charge on any atom is -0.446 e. The maximum absolute atomic E-state index is 12.6. The van der Waals surface area contributed by atoms with Gasteiger partial charge in [-0.2, -0.15) is 0 Å². The largest absolute Gasteiger partial charge is 0.446 e. The van der Waals surface area contributed by atoms with Gasteiger partial charge in [0.2, 0.25) is 0 Å². The van der Waals surface area contributed by atoms with E-state index in [1.165, 1.54) is 24.3 Å². The number of carbonyl (C=O) groups excluding carboxylic acids is 1. The second-order valence-corrected chi connectivity index (χ2v) is 3.99. The van der Waals surface area contributed by atoms with E-state index in [9.17, 15) is 9.18 Å². The molecule has 1 fully saturated rings. The summed E-state index contributed by atoms with van der Waals surface area (Å²) in [6.45, 7) is 1.74. The number of halogens is 1. The highest BCUT2D eigenvalue weighted by atomic mass is 19.1. The number of hydrogen-bond acceptors (Lipinski definition) is 3. The van der Waals surface area contributed by atoms with Crippen molar-refractivity contribution in [3.8, 4) is 0 Å². The molecule has 0 unspecified atom stereocenters. The van der Waals surface area contributed by atoms with Crippen molar-refractivity contribution in [1.29, 1.82) is 0 Å². The van der Waals surface area contributed by atoms with Crippen LogP contribution in [0.2, 0.25) is 0 Å². The number of nitrogens with one attached hydrogen (secondary N) is 2. The van der Waals surface area contributed by atoms with E-state index in [1.54, 1.807) is 0 Å². The summed E-state index contributed by atoms with van der Waals surface area (Å²) in [5, 5.41) is 5.76. The molecule has 1 saturated heterocycles. The van der Waals surface area contributed by atoms with Gasteiger partial charge in [-0.3, -0.25) is 5.32 Å². The minimum absolute atomic E-state index is 0.0308. The predicted molar refractivity (Wildman–Crippen MR) is 62.4 cm³/mol. The lowest BCUT2D eigenvalue weighted by Gasteiger charge is -2.22. The minimum atomic E-state index is -0.483. The highest BCUT2D eigenvalue weighted by molar-refractivity contribution is 5.84. The fourth-order valence-corrected chi connectivity index (χ4v) is 1.75. The molecule has 2 rings (SSSR count). The third-order valence-electron chi connectivity index (χ3n) is 2.65. The Hall–Kier alpha value is -1.62.